The predicted octanol–water partition coefficient (Wildman–Crippen LogP) is 2.71. The summed E-state index contributed by atoms with van der Waals surface area (Å²) in [6.45, 7) is 4.24. The molecule has 3 rings (SSSR count). The van der Waals surface area contributed by atoms with Crippen molar-refractivity contribution in [2.45, 2.75) is 26.4 Å². The molecule has 2 amide bonds. The Morgan fingerprint density at radius 1 is 1.24 bits per heavy atom. The van der Waals surface area contributed by atoms with Gasteiger partial charge in [-0.3, -0.25) is 9.59 Å². The molecule has 0 aromatic heterocycles. The topological polar surface area (TPSA) is 58.6 Å². The summed E-state index contributed by atoms with van der Waals surface area (Å²) in [7, 11) is 1.75. The number of amides is 2. The van der Waals surface area contributed by atoms with Crippen LogP contribution >= 0.6 is 0 Å². The molecule has 130 valence electrons. The van der Waals surface area contributed by atoms with E-state index in [1.807, 2.05) is 43.3 Å². The molecule has 1 N–H and O–H groups in total. The molecular weight excluding hydrogens is 316 g/mol. The Morgan fingerprint density at radius 2 is 2.04 bits per heavy atom. The first-order valence-corrected chi connectivity index (χ1v) is 8.38. The normalized spacial score (nSPS) is 16.2. The van der Waals surface area contributed by atoms with Crippen LogP contribution in [0.3, 0.4) is 0 Å². The van der Waals surface area contributed by atoms with E-state index in [0.29, 0.717) is 24.3 Å². The van der Waals surface area contributed by atoms with Gasteiger partial charge in [0.25, 0.3) is 11.8 Å². The Labute approximate surface area is 147 Å². The van der Waals surface area contributed by atoms with Crippen molar-refractivity contribution < 1.29 is 14.3 Å². The first-order valence-electron chi connectivity index (χ1n) is 8.38. The number of hydrogen-bond acceptors (Lipinski definition) is 3. The molecule has 5 nitrogen and oxygen atoms in total. The van der Waals surface area contributed by atoms with Crippen LogP contribution in [0.2, 0.25) is 0 Å². The lowest BCUT2D eigenvalue weighted by Crippen LogP contribution is -2.42. The van der Waals surface area contributed by atoms with E-state index in [2.05, 4.69) is 5.32 Å². The van der Waals surface area contributed by atoms with Gasteiger partial charge in [-0.25, -0.2) is 0 Å². The Kier molecular flexibility index (Phi) is 4.74. The van der Waals surface area contributed by atoms with Gasteiger partial charge < -0.3 is 15.0 Å². The summed E-state index contributed by atoms with van der Waals surface area (Å²) in [5.74, 6) is 0.575. The van der Waals surface area contributed by atoms with E-state index >= 15 is 0 Å². The number of carbonyl (C=O) groups is 2. The minimum Gasteiger partial charge on any atom is -0.479 e. The molecule has 1 unspecified atom stereocenters. The van der Waals surface area contributed by atoms with Crippen LogP contribution in [0.25, 0.3) is 0 Å². The maximum absolute atomic E-state index is 12.2. The predicted molar refractivity (Wildman–Crippen MR) is 97.2 cm³/mol. The number of nitrogens with zero attached hydrogens (tertiary/aromatic N) is 1. The molecule has 0 fully saturated rings. The van der Waals surface area contributed by atoms with E-state index in [-0.39, 0.29) is 11.8 Å². The first-order chi connectivity index (χ1) is 12.0. The van der Waals surface area contributed by atoms with E-state index < -0.39 is 6.10 Å². The Morgan fingerprint density at radius 3 is 2.80 bits per heavy atom. The van der Waals surface area contributed by atoms with Gasteiger partial charge in [0.05, 0.1) is 5.69 Å². The maximum atomic E-state index is 12.2. The van der Waals surface area contributed by atoms with Crippen molar-refractivity contribution in [2.24, 2.45) is 0 Å². The first kappa shape index (κ1) is 17.0. The summed E-state index contributed by atoms with van der Waals surface area (Å²) in [5.41, 5.74) is 3.54. The zero-order valence-electron chi connectivity index (χ0n) is 14.7. The van der Waals surface area contributed by atoms with Crippen LogP contribution in [-0.4, -0.2) is 31.5 Å². The van der Waals surface area contributed by atoms with Crippen molar-refractivity contribution in [3.05, 3.63) is 59.2 Å². The quantitative estimate of drug-likeness (QED) is 0.932. The molecular formula is C20H22N2O3. The fourth-order valence-corrected chi connectivity index (χ4v) is 2.92. The number of carbonyl (C=O) groups excluding carboxylic acids is 2. The van der Waals surface area contributed by atoms with Gasteiger partial charge in [-0.15, -0.1) is 0 Å². The monoisotopic (exact) mass is 338 g/mol. The van der Waals surface area contributed by atoms with Crippen molar-refractivity contribution >= 4 is 17.5 Å². The maximum Gasteiger partial charge on any atom is 0.267 e. The van der Waals surface area contributed by atoms with Gasteiger partial charge in [-0.05, 0) is 50.1 Å². The second-order valence-electron chi connectivity index (χ2n) is 6.33. The number of aryl methyl sites for hydroxylation is 1. The van der Waals surface area contributed by atoms with Gasteiger partial charge in [-0.2, -0.15) is 0 Å². The fraction of sp³-hybridized carbons (Fsp3) is 0.300. The number of ether oxygens (including phenoxy) is 1. The van der Waals surface area contributed by atoms with Crippen molar-refractivity contribution in [1.29, 1.82) is 0 Å². The van der Waals surface area contributed by atoms with Crippen molar-refractivity contribution in [1.82, 2.24) is 5.32 Å². The van der Waals surface area contributed by atoms with Gasteiger partial charge in [0, 0.05) is 19.2 Å². The zero-order valence-corrected chi connectivity index (χ0v) is 14.7. The zero-order chi connectivity index (χ0) is 18.0. The summed E-state index contributed by atoms with van der Waals surface area (Å²) >= 11 is 0. The number of hydrogen-bond donors (Lipinski definition) is 1. The molecule has 0 bridgehead atoms. The standard InChI is InChI=1S/C20H22N2O3/c1-13-5-4-6-16(11-13)19(23)21-10-9-15-7-8-18-17(12-15)22(3)20(24)14(2)25-18/h4-8,11-12,14H,9-10H2,1-3H3,(H,21,23). The van der Waals surface area contributed by atoms with E-state index in [4.69, 9.17) is 4.74 Å². The van der Waals surface area contributed by atoms with E-state index in [1.165, 1.54) is 0 Å². The summed E-state index contributed by atoms with van der Waals surface area (Å²) in [6, 6.07) is 13.3. The van der Waals surface area contributed by atoms with E-state index in [9.17, 15) is 9.59 Å². The molecule has 1 aliphatic rings. The highest BCUT2D eigenvalue weighted by Gasteiger charge is 2.28. The molecule has 25 heavy (non-hydrogen) atoms. The Balaban J connectivity index is 1.63. The smallest absolute Gasteiger partial charge is 0.267 e. The molecule has 0 aliphatic carbocycles. The molecule has 0 spiro atoms. The van der Waals surface area contributed by atoms with E-state index in [0.717, 1.165) is 16.8 Å². The van der Waals surface area contributed by atoms with Gasteiger partial charge in [-0.1, -0.05) is 23.8 Å². The number of rotatable bonds is 4. The third-order valence-electron chi connectivity index (χ3n) is 4.35. The van der Waals surface area contributed by atoms with Gasteiger partial charge >= 0.3 is 0 Å². The third kappa shape index (κ3) is 3.65. The Hall–Kier alpha value is -2.82. The van der Waals surface area contributed by atoms with E-state index in [1.54, 1.807) is 24.9 Å². The lowest BCUT2D eigenvalue weighted by Gasteiger charge is -2.30. The summed E-state index contributed by atoms with van der Waals surface area (Å²) in [6.07, 6.45) is 0.222. The minimum absolute atomic E-state index is 0.0580. The average Bonchev–Trinajstić information content (AvgIpc) is 2.60. The second-order valence-corrected chi connectivity index (χ2v) is 6.33. The highest BCUT2D eigenvalue weighted by molar-refractivity contribution is 5.99. The van der Waals surface area contributed by atoms with Crippen molar-refractivity contribution in [3.63, 3.8) is 0 Å². The SMILES string of the molecule is Cc1cccc(C(=O)NCCc2ccc3c(c2)N(C)C(=O)C(C)O3)c1. The molecule has 2 aromatic rings. The van der Waals surface area contributed by atoms with Gasteiger partial charge in [0.2, 0.25) is 0 Å². The molecule has 1 heterocycles. The largest absolute Gasteiger partial charge is 0.479 e. The molecule has 0 radical (unpaired) electrons. The number of fused-ring (bicyclic) bond motifs is 1. The molecule has 5 heteroatoms. The molecule has 0 saturated carbocycles. The molecule has 0 saturated heterocycles. The highest BCUT2D eigenvalue weighted by atomic mass is 16.5. The highest BCUT2D eigenvalue weighted by Crippen LogP contribution is 2.33. The lowest BCUT2D eigenvalue weighted by molar-refractivity contribution is -0.125. The van der Waals surface area contributed by atoms with Crippen LogP contribution < -0.4 is 15.0 Å². The van der Waals surface area contributed by atoms with Gasteiger partial charge in [0.1, 0.15) is 5.75 Å². The van der Waals surface area contributed by atoms with Crippen molar-refractivity contribution in [3.8, 4) is 5.75 Å². The fourth-order valence-electron chi connectivity index (χ4n) is 2.92. The van der Waals surface area contributed by atoms with Crippen LogP contribution in [0.5, 0.6) is 5.75 Å². The van der Waals surface area contributed by atoms with Crippen LogP contribution in [0.15, 0.2) is 42.5 Å². The lowest BCUT2D eigenvalue weighted by atomic mass is 10.1. The average molecular weight is 338 g/mol. The third-order valence-corrected chi connectivity index (χ3v) is 4.35. The van der Waals surface area contributed by atoms with Crippen molar-refractivity contribution in [2.75, 3.05) is 18.5 Å². The van der Waals surface area contributed by atoms with Gasteiger partial charge in [0.15, 0.2) is 6.10 Å². The van der Waals surface area contributed by atoms with Crippen LogP contribution in [0, 0.1) is 6.92 Å². The van der Waals surface area contributed by atoms with Crippen LogP contribution in [0.4, 0.5) is 5.69 Å². The number of anilines is 1. The summed E-state index contributed by atoms with van der Waals surface area (Å²) in [4.78, 5) is 25.8. The minimum atomic E-state index is -0.461. The van der Waals surface area contributed by atoms with Crippen LogP contribution in [0.1, 0.15) is 28.4 Å². The summed E-state index contributed by atoms with van der Waals surface area (Å²) < 4.78 is 5.62. The number of nitrogens with one attached hydrogen (secondary N) is 1. The Bertz CT molecular complexity index is 816. The number of benzene rings is 2. The molecule has 2 aromatic carbocycles. The second kappa shape index (κ2) is 6.97. The molecule has 1 atom stereocenters. The number of likely N-dealkylation sites (N-methyl/N-ethyl adjacent to an activating group) is 1. The summed E-state index contributed by atoms with van der Waals surface area (Å²) in [5, 5.41) is 2.93. The molecule has 1 aliphatic heterocycles. The van der Waals surface area contributed by atoms with Crippen LogP contribution in [-0.2, 0) is 11.2 Å².